The number of nitrogens with zero attached hydrogens (tertiary/aromatic N) is 1. The summed E-state index contributed by atoms with van der Waals surface area (Å²) in [5.74, 6) is 1.89. The van der Waals surface area contributed by atoms with Gasteiger partial charge in [-0.15, -0.1) is 0 Å². The molecule has 0 bridgehead atoms. The molecule has 1 fully saturated rings. The third kappa shape index (κ3) is 6.43. The Morgan fingerprint density at radius 1 is 1.17 bits per heavy atom. The Bertz CT molecular complexity index is 512. The maximum atomic E-state index is 11.8. The van der Waals surface area contributed by atoms with Gasteiger partial charge in [-0.2, -0.15) is 11.8 Å². The first-order valence-corrected chi connectivity index (χ1v) is 8.17. The predicted octanol–water partition coefficient (Wildman–Crippen LogP) is 2.26. The Labute approximate surface area is 137 Å². The first-order valence-electron chi connectivity index (χ1n) is 7.01. The molecule has 8 nitrogen and oxygen atoms in total. The van der Waals surface area contributed by atoms with E-state index in [0.717, 1.165) is 11.5 Å². The molecule has 23 heavy (non-hydrogen) atoms. The molecule has 1 saturated heterocycles. The molecule has 0 N–H and O–H groups in total. The number of rotatable bonds is 3. The molecule has 2 rings (SSSR count). The highest BCUT2D eigenvalue weighted by Gasteiger charge is 2.18. The summed E-state index contributed by atoms with van der Waals surface area (Å²) >= 11 is 1.74. The van der Waals surface area contributed by atoms with Crippen molar-refractivity contribution in [3.05, 3.63) is 34.4 Å². The van der Waals surface area contributed by atoms with E-state index in [4.69, 9.17) is 18.9 Å². The number of nitro benzene ring substituents is 1. The van der Waals surface area contributed by atoms with Gasteiger partial charge in [0.15, 0.2) is 6.10 Å². The molecular formula is C14H17NO7S. The lowest BCUT2D eigenvalue weighted by molar-refractivity contribution is -0.384. The number of carbonyl (C=O) groups excluding carboxylic acids is 1. The van der Waals surface area contributed by atoms with Crippen molar-refractivity contribution in [1.29, 1.82) is 0 Å². The Hall–Kier alpha value is -1.84. The maximum absolute atomic E-state index is 11.8. The van der Waals surface area contributed by atoms with Crippen LogP contribution in [0.3, 0.4) is 0 Å². The van der Waals surface area contributed by atoms with E-state index in [1.54, 1.807) is 11.8 Å². The second kappa shape index (κ2) is 9.33. The number of ether oxygens (including phenoxy) is 4. The average Bonchev–Trinajstić information content (AvgIpc) is 2.54. The average molecular weight is 343 g/mol. The lowest BCUT2D eigenvalue weighted by atomic mass is 10.3. The Morgan fingerprint density at radius 3 is 2.35 bits per heavy atom. The highest BCUT2D eigenvalue weighted by Crippen LogP contribution is 2.18. The molecule has 1 heterocycles. The minimum Gasteiger partial charge on any atom is -0.426 e. The zero-order chi connectivity index (χ0) is 16.5. The van der Waals surface area contributed by atoms with Crippen LogP contribution in [0.25, 0.3) is 0 Å². The van der Waals surface area contributed by atoms with Gasteiger partial charge in [0.05, 0.1) is 31.4 Å². The topological polar surface area (TPSA) is 97.1 Å². The number of non-ortho nitro benzene ring substituents is 1. The van der Waals surface area contributed by atoms with Crippen molar-refractivity contribution < 1.29 is 28.7 Å². The SMILES string of the molecule is O=C(Oc1ccc([N+](=O)[O-])cc1)OC1COCCSCCOC1. The molecule has 0 spiro atoms. The van der Waals surface area contributed by atoms with Crippen LogP contribution in [-0.2, 0) is 14.2 Å². The van der Waals surface area contributed by atoms with Gasteiger partial charge in [0.25, 0.3) is 5.69 Å². The first-order chi connectivity index (χ1) is 11.1. The number of thioether (sulfide) groups is 1. The minimum atomic E-state index is -0.900. The van der Waals surface area contributed by atoms with Crippen LogP contribution in [0, 0.1) is 10.1 Å². The van der Waals surface area contributed by atoms with Crippen molar-refractivity contribution in [2.45, 2.75) is 6.10 Å². The highest BCUT2D eigenvalue weighted by atomic mass is 32.2. The van der Waals surface area contributed by atoms with Crippen LogP contribution in [0.1, 0.15) is 0 Å². The van der Waals surface area contributed by atoms with E-state index in [9.17, 15) is 14.9 Å². The largest absolute Gasteiger partial charge is 0.514 e. The van der Waals surface area contributed by atoms with E-state index in [2.05, 4.69) is 0 Å². The second-order valence-electron chi connectivity index (χ2n) is 4.61. The van der Waals surface area contributed by atoms with Gasteiger partial charge < -0.3 is 18.9 Å². The lowest BCUT2D eigenvalue weighted by Gasteiger charge is -2.19. The van der Waals surface area contributed by atoms with Crippen LogP contribution < -0.4 is 4.74 Å². The summed E-state index contributed by atoms with van der Waals surface area (Å²) in [6, 6.07) is 5.15. The Kier molecular flexibility index (Phi) is 7.11. The fourth-order valence-corrected chi connectivity index (χ4v) is 2.45. The Balaban J connectivity index is 1.82. The van der Waals surface area contributed by atoms with Crippen LogP contribution in [0.15, 0.2) is 24.3 Å². The quantitative estimate of drug-likeness (QED) is 0.357. The minimum absolute atomic E-state index is 0.0854. The summed E-state index contributed by atoms with van der Waals surface area (Å²) in [5, 5.41) is 10.6. The third-order valence-electron chi connectivity index (χ3n) is 2.86. The third-order valence-corrected chi connectivity index (χ3v) is 3.77. The van der Waals surface area contributed by atoms with E-state index in [1.165, 1.54) is 24.3 Å². The molecule has 0 unspecified atom stereocenters. The Morgan fingerprint density at radius 2 is 1.78 bits per heavy atom. The number of nitro groups is 1. The second-order valence-corrected chi connectivity index (χ2v) is 5.83. The molecule has 1 aliphatic heterocycles. The smallest absolute Gasteiger partial charge is 0.426 e. The molecule has 0 saturated carbocycles. The summed E-state index contributed by atoms with van der Waals surface area (Å²) in [6.07, 6.45) is -1.45. The van der Waals surface area contributed by atoms with Crippen LogP contribution in [0.2, 0.25) is 0 Å². The standard InChI is InChI=1S/C14H17NO7S/c16-14(21-12-3-1-11(2-4-12)15(17)18)22-13-9-19-5-7-23-8-6-20-10-13/h1-4,13H,5-10H2. The van der Waals surface area contributed by atoms with Crippen molar-refractivity contribution in [1.82, 2.24) is 0 Å². The van der Waals surface area contributed by atoms with Gasteiger partial charge in [0, 0.05) is 23.6 Å². The molecule has 1 aliphatic rings. The summed E-state index contributed by atoms with van der Waals surface area (Å²) in [7, 11) is 0. The fraction of sp³-hybridized carbons (Fsp3) is 0.500. The van der Waals surface area contributed by atoms with Crippen molar-refractivity contribution in [3.8, 4) is 5.75 Å². The lowest BCUT2D eigenvalue weighted by Crippen LogP contribution is -2.31. The molecule has 0 radical (unpaired) electrons. The van der Waals surface area contributed by atoms with Gasteiger partial charge in [-0.25, -0.2) is 4.79 Å². The van der Waals surface area contributed by atoms with Gasteiger partial charge in [0.2, 0.25) is 0 Å². The van der Waals surface area contributed by atoms with Gasteiger partial charge in [0.1, 0.15) is 5.75 Å². The van der Waals surface area contributed by atoms with E-state index < -0.39 is 17.2 Å². The number of hydrogen-bond acceptors (Lipinski definition) is 8. The monoisotopic (exact) mass is 343 g/mol. The summed E-state index contributed by atoms with van der Waals surface area (Å²) in [5.41, 5.74) is -0.0854. The molecule has 9 heteroatoms. The van der Waals surface area contributed by atoms with Crippen molar-refractivity contribution in [3.63, 3.8) is 0 Å². The maximum Gasteiger partial charge on any atom is 0.514 e. The van der Waals surface area contributed by atoms with Crippen LogP contribution in [-0.4, -0.2) is 55.1 Å². The molecule has 0 aromatic heterocycles. The fourth-order valence-electron chi connectivity index (χ4n) is 1.78. The van der Waals surface area contributed by atoms with Gasteiger partial charge in [-0.3, -0.25) is 10.1 Å². The van der Waals surface area contributed by atoms with Crippen LogP contribution >= 0.6 is 11.8 Å². The molecule has 126 valence electrons. The molecule has 1 aromatic rings. The zero-order valence-corrected chi connectivity index (χ0v) is 13.2. The van der Waals surface area contributed by atoms with Crippen molar-refractivity contribution >= 4 is 23.6 Å². The molecule has 1 aromatic carbocycles. The summed E-state index contributed by atoms with van der Waals surface area (Å²) in [4.78, 5) is 21.8. The van der Waals surface area contributed by atoms with Crippen molar-refractivity contribution in [2.24, 2.45) is 0 Å². The van der Waals surface area contributed by atoms with E-state index in [-0.39, 0.29) is 24.7 Å². The van der Waals surface area contributed by atoms with Crippen LogP contribution in [0.4, 0.5) is 10.5 Å². The molecule has 0 aliphatic carbocycles. The first kappa shape index (κ1) is 17.5. The number of hydrogen-bond donors (Lipinski definition) is 0. The van der Waals surface area contributed by atoms with Gasteiger partial charge in [-0.05, 0) is 12.1 Å². The highest BCUT2D eigenvalue weighted by molar-refractivity contribution is 7.99. The predicted molar refractivity (Wildman–Crippen MR) is 83.0 cm³/mol. The van der Waals surface area contributed by atoms with Crippen molar-refractivity contribution in [2.75, 3.05) is 37.9 Å². The van der Waals surface area contributed by atoms with Gasteiger partial charge >= 0.3 is 6.16 Å². The molecular weight excluding hydrogens is 326 g/mol. The normalized spacial score (nSPS) is 17.2. The van der Waals surface area contributed by atoms with E-state index in [1.807, 2.05) is 0 Å². The zero-order valence-electron chi connectivity index (χ0n) is 12.3. The molecule has 0 atom stereocenters. The summed E-state index contributed by atoms with van der Waals surface area (Å²) in [6.45, 7) is 1.63. The van der Waals surface area contributed by atoms with E-state index in [0.29, 0.717) is 13.2 Å². The van der Waals surface area contributed by atoms with Crippen LogP contribution in [0.5, 0.6) is 5.75 Å². The van der Waals surface area contributed by atoms with E-state index >= 15 is 0 Å². The summed E-state index contributed by atoms with van der Waals surface area (Å²) < 4.78 is 20.9. The number of carbonyl (C=O) groups is 1. The van der Waals surface area contributed by atoms with Gasteiger partial charge in [-0.1, -0.05) is 0 Å². The molecule has 0 amide bonds. The number of benzene rings is 1.